The summed E-state index contributed by atoms with van der Waals surface area (Å²) in [6, 6.07) is 15.1. The number of hydrogen-bond donors (Lipinski definition) is 1. The van der Waals surface area contributed by atoms with Gasteiger partial charge in [0.15, 0.2) is 0 Å². The van der Waals surface area contributed by atoms with E-state index in [1.807, 2.05) is 32.3 Å². The smallest absolute Gasteiger partial charge is 0.263 e. The van der Waals surface area contributed by atoms with Crippen LogP contribution in [0.3, 0.4) is 0 Å². The fourth-order valence-corrected chi connectivity index (χ4v) is 3.86. The molecule has 0 unspecified atom stereocenters. The quantitative estimate of drug-likeness (QED) is 0.933. The SMILES string of the molecule is CN(C)Cc1cccc(CN=C2NS(=O)(=O)c3ccccc32)c1. The minimum atomic E-state index is -3.47. The molecule has 0 saturated heterocycles. The molecule has 1 heterocycles. The van der Waals surface area contributed by atoms with Crippen LogP contribution in [0.15, 0.2) is 58.4 Å². The first kappa shape index (κ1) is 15.7. The van der Waals surface area contributed by atoms with Crippen LogP contribution < -0.4 is 4.72 Å². The van der Waals surface area contributed by atoms with Gasteiger partial charge in [0.05, 0.1) is 11.4 Å². The maximum Gasteiger partial charge on any atom is 0.263 e. The Morgan fingerprint density at radius 3 is 2.57 bits per heavy atom. The number of benzene rings is 2. The van der Waals surface area contributed by atoms with Crippen molar-refractivity contribution < 1.29 is 8.42 Å². The molecule has 2 aromatic rings. The fraction of sp³-hybridized carbons (Fsp3) is 0.235. The van der Waals surface area contributed by atoms with E-state index in [0.717, 1.165) is 12.1 Å². The first-order chi connectivity index (χ1) is 11.0. The van der Waals surface area contributed by atoms with Gasteiger partial charge in [-0.2, -0.15) is 0 Å². The second-order valence-electron chi connectivity index (χ2n) is 5.82. The van der Waals surface area contributed by atoms with Crippen LogP contribution in [0.25, 0.3) is 0 Å². The topological polar surface area (TPSA) is 61.8 Å². The van der Waals surface area contributed by atoms with E-state index >= 15 is 0 Å². The van der Waals surface area contributed by atoms with E-state index in [9.17, 15) is 8.42 Å². The summed E-state index contributed by atoms with van der Waals surface area (Å²) in [5.41, 5.74) is 2.90. The molecule has 1 N–H and O–H groups in total. The van der Waals surface area contributed by atoms with Gasteiger partial charge in [0.1, 0.15) is 5.84 Å². The Balaban J connectivity index is 1.85. The first-order valence-electron chi connectivity index (χ1n) is 7.35. The molecule has 0 bridgehead atoms. The minimum Gasteiger partial charge on any atom is -0.305 e. The van der Waals surface area contributed by atoms with E-state index in [1.54, 1.807) is 18.2 Å². The molecular formula is C17H19N3O2S. The van der Waals surface area contributed by atoms with E-state index in [1.165, 1.54) is 5.56 Å². The molecule has 5 nitrogen and oxygen atoms in total. The van der Waals surface area contributed by atoms with Crippen molar-refractivity contribution in [3.8, 4) is 0 Å². The monoisotopic (exact) mass is 329 g/mol. The Morgan fingerprint density at radius 2 is 1.78 bits per heavy atom. The van der Waals surface area contributed by atoms with Crippen molar-refractivity contribution in [3.63, 3.8) is 0 Å². The van der Waals surface area contributed by atoms with Crippen LogP contribution >= 0.6 is 0 Å². The predicted octanol–water partition coefficient (Wildman–Crippen LogP) is 1.99. The van der Waals surface area contributed by atoms with E-state index in [2.05, 4.69) is 26.7 Å². The third-order valence-electron chi connectivity index (χ3n) is 3.57. The highest BCUT2D eigenvalue weighted by atomic mass is 32.2. The Labute approximate surface area is 136 Å². The largest absolute Gasteiger partial charge is 0.305 e. The molecule has 0 spiro atoms. The zero-order chi connectivity index (χ0) is 16.4. The van der Waals surface area contributed by atoms with Crippen molar-refractivity contribution in [2.75, 3.05) is 14.1 Å². The van der Waals surface area contributed by atoms with Gasteiger partial charge in [-0.05, 0) is 37.4 Å². The molecule has 0 radical (unpaired) electrons. The zero-order valence-electron chi connectivity index (χ0n) is 13.2. The number of nitrogens with one attached hydrogen (secondary N) is 1. The highest BCUT2D eigenvalue weighted by Crippen LogP contribution is 2.22. The summed E-state index contributed by atoms with van der Waals surface area (Å²) >= 11 is 0. The summed E-state index contributed by atoms with van der Waals surface area (Å²) in [5.74, 6) is 0.415. The molecular weight excluding hydrogens is 310 g/mol. The molecule has 6 heteroatoms. The molecule has 2 aromatic carbocycles. The second-order valence-corrected chi connectivity index (χ2v) is 7.48. The lowest BCUT2D eigenvalue weighted by atomic mass is 10.1. The molecule has 0 aliphatic carbocycles. The van der Waals surface area contributed by atoms with Gasteiger partial charge >= 0.3 is 0 Å². The summed E-state index contributed by atoms with van der Waals surface area (Å²) in [6.07, 6.45) is 0. The van der Waals surface area contributed by atoms with Gasteiger partial charge in [-0.25, -0.2) is 8.42 Å². The number of fused-ring (bicyclic) bond motifs is 1. The van der Waals surface area contributed by atoms with Gasteiger partial charge in [-0.1, -0.05) is 36.4 Å². The maximum absolute atomic E-state index is 12.1. The fourth-order valence-electron chi connectivity index (χ4n) is 2.61. The maximum atomic E-state index is 12.1. The average molecular weight is 329 g/mol. The third-order valence-corrected chi connectivity index (χ3v) is 4.97. The summed E-state index contributed by atoms with van der Waals surface area (Å²) in [7, 11) is 0.579. The van der Waals surface area contributed by atoms with Crippen LogP contribution in [0.2, 0.25) is 0 Å². The van der Waals surface area contributed by atoms with E-state index in [0.29, 0.717) is 22.8 Å². The Bertz CT molecular complexity index is 858. The average Bonchev–Trinajstić information content (AvgIpc) is 2.77. The third kappa shape index (κ3) is 3.43. The molecule has 1 aliphatic rings. The highest BCUT2D eigenvalue weighted by molar-refractivity contribution is 7.90. The van der Waals surface area contributed by atoms with Gasteiger partial charge < -0.3 is 4.90 Å². The van der Waals surface area contributed by atoms with Crippen LogP contribution in [0.1, 0.15) is 16.7 Å². The van der Waals surface area contributed by atoms with E-state index < -0.39 is 10.0 Å². The van der Waals surface area contributed by atoms with Gasteiger partial charge in [0.25, 0.3) is 10.0 Å². The van der Waals surface area contributed by atoms with Gasteiger partial charge in [-0.3, -0.25) is 9.71 Å². The van der Waals surface area contributed by atoms with Crippen molar-refractivity contribution in [2.45, 2.75) is 18.0 Å². The van der Waals surface area contributed by atoms with Crippen LogP contribution in [0.4, 0.5) is 0 Å². The molecule has 23 heavy (non-hydrogen) atoms. The molecule has 3 rings (SSSR count). The standard InChI is InChI=1S/C17H19N3O2S/c1-20(2)12-14-7-5-6-13(10-14)11-18-17-15-8-3-4-9-16(15)23(21,22)19-17/h3-10H,11-12H2,1-2H3,(H,18,19). The van der Waals surface area contributed by atoms with Crippen molar-refractivity contribution in [2.24, 2.45) is 4.99 Å². The molecule has 0 atom stereocenters. The number of sulfonamides is 1. The second kappa shape index (κ2) is 6.14. The van der Waals surface area contributed by atoms with Crippen molar-refractivity contribution in [3.05, 3.63) is 65.2 Å². The number of rotatable bonds is 4. The molecule has 0 amide bonds. The minimum absolute atomic E-state index is 0.292. The van der Waals surface area contributed by atoms with Gasteiger partial charge in [0, 0.05) is 12.1 Å². The molecule has 120 valence electrons. The number of hydrogen-bond acceptors (Lipinski definition) is 4. The Kier molecular flexibility index (Phi) is 4.19. The summed E-state index contributed by atoms with van der Waals surface area (Å²) in [4.78, 5) is 6.86. The van der Waals surface area contributed by atoms with Crippen molar-refractivity contribution in [1.29, 1.82) is 0 Å². The lowest BCUT2D eigenvalue weighted by Gasteiger charge is -2.10. The summed E-state index contributed by atoms with van der Waals surface area (Å²) < 4.78 is 26.6. The lowest BCUT2D eigenvalue weighted by molar-refractivity contribution is 0.402. The van der Waals surface area contributed by atoms with Gasteiger partial charge in [0.2, 0.25) is 0 Å². The summed E-state index contributed by atoms with van der Waals surface area (Å²) in [6.45, 7) is 1.30. The van der Waals surface area contributed by atoms with E-state index in [4.69, 9.17) is 0 Å². The number of amidine groups is 1. The molecule has 0 fully saturated rings. The lowest BCUT2D eigenvalue weighted by Crippen LogP contribution is -2.22. The normalized spacial score (nSPS) is 17.3. The Hall–Kier alpha value is -2.18. The molecule has 0 aromatic heterocycles. The van der Waals surface area contributed by atoms with Crippen LogP contribution in [-0.2, 0) is 23.1 Å². The van der Waals surface area contributed by atoms with Crippen LogP contribution in [0, 0.1) is 0 Å². The van der Waals surface area contributed by atoms with E-state index in [-0.39, 0.29) is 0 Å². The van der Waals surface area contributed by atoms with Crippen LogP contribution in [0.5, 0.6) is 0 Å². The number of nitrogens with zero attached hydrogens (tertiary/aromatic N) is 2. The Morgan fingerprint density at radius 1 is 1.04 bits per heavy atom. The van der Waals surface area contributed by atoms with Gasteiger partial charge in [-0.15, -0.1) is 0 Å². The highest BCUT2D eigenvalue weighted by Gasteiger charge is 2.29. The van der Waals surface area contributed by atoms with Crippen molar-refractivity contribution in [1.82, 2.24) is 9.62 Å². The summed E-state index contributed by atoms with van der Waals surface area (Å²) in [5, 5.41) is 0. The number of aliphatic imine (C=N–C) groups is 1. The van der Waals surface area contributed by atoms with Crippen molar-refractivity contribution >= 4 is 15.9 Å². The molecule has 0 saturated carbocycles. The van der Waals surface area contributed by atoms with Crippen LogP contribution in [-0.4, -0.2) is 33.2 Å². The predicted molar refractivity (Wildman–Crippen MR) is 90.8 cm³/mol. The molecule has 1 aliphatic heterocycles. The zero-order valence-corrected chi connectivity index (χ0v) is 14.0. The first-order valence-corrected chi connectivity index (χ1v) is 8.83.